The van der Waals surface area contributed by atoms with Crippen molar-refractivity contribution in [2.24, 2.45) is 5.92 Å². The van der Waals surface area contributed by atoms with Crippen molar-refractivity contribution in [2.45, 2.75) is 51.2 Å². The lowest BCUT2D eigenvalue weighted by Crippen LogP contribution is -2.53. The Labute approximate surface area is 81.7 Å². The third-order valence-electron chi connectivity index (χ3n) is 4.00. The predicted molar refractivity (Wildman–Crippen MR) is 55.8 cm³/mol. The zero-order chi connectivity index (χ0) is 9.42. The summed E-state index contributed by atoms with van der Waals surface area (Å²) in [7, 11) is 2.10. The highest BCUT2D eigenvalue weighted by atomic mass is 15.2. The number of likely N-dealkylation sites (tertiary alicyclic amines) is 1. The lowest BCUT2D eigenvalue weighted by atomic mass is 9.87. The molecule has 3 unspecified atom stereocenters. The molecule has 0 aromatic rings. The van der Waals surface area contributed by atoms with Crippen molar-refractivity contribution in [3.05, 3.63) is 0 Å². The zero-order valence-corrected chi connectivity index (χ0v) is 9.09. The number of rotatable bonds is 2. The van der Waals surface area contributed by atoms with Gasteiger partial charge in [0, 0.05) is 24.7 Å². The fraction of sp³-hybridized carbons (Fsp3) is 1.00. The minimum atomic E-state index is 0.741. The highest BCUT2D eigenvalue weighted by molar-refractivity contribution is 4.95. The third kappa shape index (κ3) is 1.75. The maximum absolute atomic E-state index is 3.44. The molecule has 0 radical (unpaired) electrons. The Bertz CT molecular complexity index is 177. The van der Waals surface area contributed by atoms with Gasteiger partial charge in [0.15, 0.2) is 0 Å². The number of piperidine rings is 1. The van der Waals surface area contributed by atoms with E-state index in [1.807, 2.05) is 0 Å². The van der Waals surface area contributed by atoms with Crippen LogP contribution in [0.3, 0.4) is 0 Å². The molecule has 1 saturated carbocycles. The van der Waals surface area contributed by atoms with E-state index < -0.39 is 0 Å². The standard InChI is InChI=1S/C11H22N2/c1-8-9(2)13(10-4-5-10)7-6-11(8)12-3/h8-12H,4-7H2,1-3H3. The van der Waals surface area contributed by atoms with E-state index in [0.717, 1.165) is 24.0 Å². The Morgan fingerprint density at radius 2 is 1.85 bits per heavy atom. The molecule has 0 aromatic heterocycles. The number of nitrogens with one attached hydrogen (secondary N) is 1. The van der Waals surface area contributed by atoms with Crippen LogP contribution in [0.25, 0.3) is 0 Å². The molecule has 1 N–H and O–H groups in total. The summed E-state index contributed by atoms with van der Waals surface area (Å²) in [5.41, 5.74) is 0. The Balaban J connectivity index is 1.96. The van der Waals surface area contributed by atoms with Crippen LogP contribution >= 0.6 is 0 Å². The molecule has 13 heavy (non-hydrogen) atoms. The lowest BCUT2D eigenvalue weighted by Gasteiger charge is -2.42. The average Bonchev–Trinajstić information content (AvgIpc) is 2.93. The molecule has 2 nitrogen and oxygen atoms in total. The molecular weight excluding hydrogens is 160 g/mol. The molecule has 2 fully saturated rings. The van der Waals surface area contributed by atoms with Gasteiger partial charge in [0.25, 0.3) is 0 Å². The fourth-order valence-corrected chi connectivity index (χ4v) is 2.72. The molecule has 0 bridgehead atoms. The van der Waals surface area contributed by atoms with E-state index in [0.29, 0.717) is 0 Å². The average molecular weight is 182 g/mol. The Morgan fingerprint density at radius 3 is 2.38 bits per heavy atom. The van der Waals surface area contributed by atoms with Gasteiger partial charge in [-0.25, -0.2) is 0 Å². The van der Waals surface area contributed by atoms with Crippen molar-refractivity contribution < 1.29 is 0 Å². The first kappa shape index (κ1) is 9.47. The van der Waals surface area contributed by atoms with Gasteiger partial charge in [-0.15, -0.1) is 0 Å². The van der Waals surface area contributed by atoms with Crippen LogP contribution in [-0.2, 0) is 0 Å². The second kappa shape index (κ2) is 3.58. The minimum absolute atomic E-state index is 0.741. The first-order valence-corrected chi connectivity index (χ1v) is 5.67. The monoisotopic (exact) mass is 182 g/mol. The molecule has 2 heteroatoms. The van der Waals surface area contributed by atoms with E-state index in [2.05, 4.69) is 31.1 Å². The quantitative estimate of drug-likeness (QED) is 0.695. The highest BCUT2D eigenvalue weighted by Gasteiger charge is 2.39. The molecule has 0 amide bonds. The van der Waals surface area contributed by atoms with Crippen LogP contribution in [0.2, 0.25) is 0 Å². The van der Waals surface area contributed by atoms with E-state index in [9.17, 15) is 0 Å². The van der Waals surface area contributed by atoms with Gasteiger partial charge >= 0.3 is 0 Å². The second-order valence-corrected chi connectivity index (χ2v) is 4.75. The number of nitrogens with zero attached hydrogens (tertiary/aromatic N) is 1. The summed E-state index contributed by atoms with van der Waals surface area (Å²) in [6, 6.07) is 2.46. The first-order valence-electron chi connectivity index (χ1n) is 5.67. The summed E-state index contributed by atoms with van der Waals surface area (Å²) in [5, 5.41) is 3.44. The van der Waals surface area contributed by atoms with Crippen LogP contribution in [-0.4, -0.2) is 36.6 Å². The van der Waals surface area contributed by atoms with Gasteiger partial charge in [0.1, 0.15) is 0 Å². The molecule has 1 aliphatic carbocycles. The molecule has 2 aliphatic rings. The molecule has 1 saturated heterocycles. The third-order valence-corrected chi connectivity index (χ3v) is 4.00. The van der Waals surface area contributed by atoms with Crippen molar-refractivity contribution >= 4 is 0 Å². The van der Waals surface area contributed by atoms with Crippen molar-refractivity contribution in [3.8, 4) is 0 Å². The van der Waals surface area contributed by atoms with Crippen molar-refractivity contribution in [1.29, 1.82) is 0 Å². The second-order valence-electron chi connectivity index (χ2n) is 4.75. The summed E-state index contributed by atoms with van der Waals surface area (Å²) in [6.45, 7) is 6.09. The normalized spacial score (nSPS) is 42.2. The first-order chi connectivity index (χ1) is 6.24. The van der Waals surface area contributed by atoms with Gasteiger partial charge < -0.3 is 5.32 Å². The minimum Gasteiger partial charge on any atom is -0.317 e. The molecule has 3 atom stereocenters. The van der Waals surface area contributed by atoms with Crippen LogP contribution in [0.15, 0.2) is 0 Å². The van der Waals surface area contributed by atoms with Crippen molar-refractivity contribution in [1.82, 2.24) is 10.2 Å². The van der Waals surface area contributed by atoms with E-state index in [1.54, 1.807) is 0 Å². The highest BCUT2D eigenvalue weighted by Crippen LogP contribution is 2.34. The summed E-state index contributed by atoms with van der Waals surface area (Å²) in [6.07, 6.45) is 4.22. The van der Waals surface area contributed by atoms with Gasteiger partial charge in [-0.2, -0.15) is 0 Å². The van der Waals surface area contributed by atoms with Crippen LogP contribution in [0.5, 0.6) is 0 Å². The molecule has 0 aromatic carbocycles. The topological polar surface area (TPSA) is 15.3 Å². The predicted octanol–water partition coefficient (Wildman–Crippen LogP) is 1.47. The van der Waals surface area contributed by atoms with Gasteiger partial charge in [-0.3, -0.25) is 4.90 Å². The lowest BCUT2D eigenvalue weighted by molar-refractivity contribution is 0.0806. The molecule has 1 heterocycles. The Hall–Kier alpha value is -0.0800. The summed E-state index contributed by atoms with van der Waals surface area (Å²) < 4.78 is 0. The molecular formula is C11H22N2. The Morgan fingerprint density at radius 1 is 1.15 bits per heavy atom. The maximum atomic E-state index is 3.44. The van der Waals surface area contributed by atoms with E-state index in [-0.39, 0.29) is 0 Å². The SMILES string of the molecule is CNC1CCN(C2CC2)C(C)C1C. The number of hydrogen-bond donors (Lipinski definition) is 1. The maximum Gasteiger partial charge on any atom is 0.0117 e. The van der Waals surface area contributed by atoms with Crippen LogP contribution in [0.4, 0.5) is 0 Å². The molecule has 1 aliphatic heterocycles. The van der Waals surface area contributed by atoms with E-state index >= 15 is 0 Å². The van der Waals surface area contributed by atoms with Crippen LogP contribution < -0.4 is 5.32 Å². The van der Waals surface area contributed by atoms with Crippen molar-refractivity contribution in [2.75, 3.05) is 13.6 Å². The molecule has 2 rings (SSSR count). The van der Waals surface area contributed by atoms with E-state index in [4.69, 9.17) is 0 Å². The van der Waals surface area contributed by atoms with Crippen molar-refractivity contribution in [3.63, 3.8) is 0 Å². The van der Waals surface area contributed by atoms with Gasteiger partial charge in [0.2, 0.25) is 0 Å². The molecule has 0 spiro atoms. The summed E-state index contributed by atoms with van der Waals surface area (Å²) in [5.74, 6) is 0.805. The largest absolute Gasteiger partial charge is 0.317 e. The number of hydrogen-bond acceptors (Lipinski definition) is 2. The Kier molecular flexibility index (Phi) is 2.61. The smallest absolute Gasteiger partial charge is 0.0117 e. The zero-order valence-electron chi connectivity index (χ0n) is 9.09. The van der Waals surface area contributed by atoms with Gasteiger partial charge in [-0.1, -0.05) is 6.92 Å². The summed E-state index contributed by atoms with van der Waals surface area (Å²) >= 11 is 0. The van der Waals surface area contributed by atoms with Crippen LogP contribution in [0, 0.1) is 5.92 Å². The van der Waals surface area contributed by atoms with Crippen LogP contribution in [0.1, 0.15) is 33.1 Å². The summed E-state index contributed by atoms with van der Waals surface area (Å²) in [4.78, 5) is 2.72. The van der Waals surface area contributed by atoms with Gasteiger partial charge in [0.05, 0.1) is 0 Å². The fourth-order valence-electron chi connectivity index (χ4n) is 2.72. The van der Waals surface area contributed by atoms with E-state index in [1.165, 1.54) is 25.8 Å². The molecule has 76 valence electrons. The van der Waals surface area contributed by atoms with Gasteiger partial charge in [-0.05, 0) is 39.2 Å².